The van der Waals surface area contributed by atoms with Gasteiger partial charge in [-0.2, -0.15) is 8.78 Å². The van der Waals surface area contributed by atoms with Crippen molar-refractivity contribution in [2.45, 2.75) is 32.7 Å². The molecule has 6 heteroatoms. The van der Waals surface area contributed by atoms with Gasteiger partial charge in [0.1, 0.15) is 0 Å². The summed E-state index contributed by atoms with van der Waals surface area (Å²) < 4.78 is 48.8. The van der Waals surface area contributed by atoms with Gasteiger partial charge in [-0.1, -0.05) is 0 Å². The van der Waals surface area contributed by atoms with E-state index in [0.29, 0.717) is 0 Å². The van der Waals surface area contributed by atoms with E-state index in [1.165, 1.54) is 0 Å². The maximum atomic E-state index is 12.5. The average molecular weight is 255 g/mol. The highest BCUT2D eigenvalue weighted by molar-refractivity contribution is 7.12. The van der Waals surface area contributed by atoms with Crippen LogP contribution in [0.5, 0.6) is 0 Å². The Bertz CT molecular complexity index is 349. The lowest BCUT2D eigenvalue weighted by Gasteiger charge is -2.15. The zero-order chi connectivity index (χ0) is 12.3. The second-order valence-corrected chi connectivity index (χ2v) is 5.06. The molecule has 0 atom stereocenters. The van der Waals surface area contributed by atoms with Gasteiger partial charge in [0.25, 0.3) is 0 Å². The molecular weight excluding hydrogens is 242 g/mol. The molecule has 0 aromatic carbocycles. The molecule has 0 aliphatic carbocycles. The minimum atomic E-state index is -3.96. The third-order valence-corrected chi connectivity index (χ3v) is 3.15. The summed E-state index contributed by atoms with van der Waals surface area (Å²) in [6, 6.07) is 1.87. The van der Waals surface area contributed by atoms with Crippen LogP contribution in [0.25, 0.3) is 0 Å². The topological polar surface area (TPSA) is 12.0 Å². The molecule has 92 valence electrons. The Morgan fingerprint density at radius 2 is 2.00 bits per heavy atom. The Balaban J connectivity index is 2.44. The first-order valence-electron chi connectivity index (χ1n) is 4.75. The van der Waals surface area contributed by atoms with Gasteiger partial charge in [-0.15, -0.1) is 11.3 Å². The molecule has 1 aromatic rings. The quantitative estimate of drug-likeness (QED) is 0.795. The van der Waals surface area contributed by atoms with Crippen LogP contribution in [0.3, 0.4) is 0 Å². The molecule has 1 N–H and O–H groups in total. The van der Waals surface area contributed by atoms with Crippen LogP contribution in [0.4, 0.5) is 17.6 Å². The Kier molecular flexibility index (Phi) is 4.32. The minimum absolute atomic E-state index is 0.193. The van der Waals surface area contributed by atoms with Crippen molar-refractivity contribution in [1.29, 1.82) is 0 Å². The molecule has 0 bridgehead atoms. The summed E-state index contributed by atoms with van der Waals surface area (Å²) in [6.07, 6.45) is -3.62. The number of alkyl halides is 4. The molecule has 0 aliphatic heterocycles. The molecule has 1 nitrogen and oxygen atoms in total. The maximum absolute atomic E-state index is 12.5. The van der Waals surface area contributed by atoms with E-state index < -0.39 is 18.9 Å². The van der Waals surface area contributed by atoms with E-state index in [2.05, 4.69) is 5.32 Å². The first-order valence-corrected chi connectivity index (χ1v) is 5.57. The van der Waals surface area contributed by atoms with Crippen LogP contribution >= 0.6 is 11.3 Å². The van der Waals surface area contributed by atoms with Gasteiger partial charge < -0.3 is 5.32 Å². The third-order valence-electron chi connectivity index (χ3n) is 2.14. The summed E-state index contributed by atoms with van der Waals surface area (Å²) >= 11 is 1.56. The highest BCUT2D eigenvalue weighted by Crippen LogP contribution is 2.23. The number of rotatable bonds is 5. The molecule has 0 unspecified atom stereocenters. The van der Waals surface area contributed by atoms with Crippen LogP contribution in [0.15, 0.2) is 6.07 Å². The molecule has 0 saturated carbocycles. The molecule has 1 aromatic heterocycles. The van der Waals surface area contributed by atoms with Crippen molar-refractivity contribution in [2.24, 2.45) is 0 Å². The van der Waals surface area contributed by atoms with Crippen molar-refractivity contribution in [3.8, 4) is 0 Å². The predicted molar refractivity (Wildman–Crippen MR) is 56.5 cm³/mol. The molecule has 16 heavy (non-hydrogen) atoms. The molecule has 0 fully saturated rings. The first-order chi connectivity index (χ1) is 7.33. The number of aryl methyl sites for hydroxylation is 2. The Morgan fingerprint density at radius 3 is 2.44 bits per heavy atom. The largest absolute Gasteiger partial charge is 0.319 e. The zero-order valence-corrected chi connectivity index (χ0v) is 9.81. The molecular formula is C10H13F4NS. The molecule has 0 amide bonds. The second kappa shape index (κ2) is 5.14. The van der Waals surface area contributed by atoms with Gasteiger partial charge in [-0.3, -0.25) is 0 Å². The van der Waals surface area contributed by atoms with Gasteiger partial charge >= 0.3 is 12.3 Å². The van der Waals surface area contributed by atoms with E-state index in [-0.39, 0.29) is 6.54 Å². The summed E-state index contributed by atoms with van der Waals surface area (Å²) in [5.74, 6) is -3.96. The van der Waals surface area contributed by atoms with E-state index in [9.17, 15) is 17.6 Å². The fourth-order valence-corrected chi connectivity index (χ4v) is 2.25. The smallest absolute Gasteiger partial charge is 0.307 e. The van der Waals surface area contributed by atoms with Crippen LogP contribution in [0.2, 0.25) is 0 Å². The monoisotopic (exact) mass is 255 g/mol. The fourth-order valence-electron chi connectivity index (χ4n) is 1.30. The van der Waals surface area contributed by atoms with Crippen LogP contribution in [0.1, 0.15) is 15.3 Å². The summed E-state index contributed by atoms with van der Waals surface area (Å²) in [5, 5.41) is 2.35. The van der Waals surface area contributed by atoms with Crippen molar-refractivity contribution in [3.63, 3.8) is 0 Å². The van der Waals surface area contributed by atoms with Crippen molar-refractivity contribution in [3.05, 3.63) is 21.4 Å². The van der Waals surface area contributed by atoms with Gasteiger partial charge in [-0.25, -0.2) is 8.78 Å². The second-order valence-electron chi connectivity index (χ2n) is 3.60. The van der Waals surface area contributed by atoms with Gasteiger partial charge in [0, 0.05) is 16.3 Å². The molecule has 0 saturated heterocycles. The number of hydrogen-bond donors (Lipinski definition) is 1. The number of halogens is 4. The summed E-state index contributed by atoms with van der Waals surface area (Å²) in [7, 11) is 0. The van der Waals surface area contributed by atoms with E-state index in [1.54, 1.807) is 11.3 Å². The molecule has 1 heterocycles. The van der Waals surface area contributed by atoms with Gasteiger partial charge in [0.2, 0.25) is 0 Å². The summed E-state index contributed by atoms with van der Waals surface area (Å²) in [4.78, 5) is 2.10. The van der Waals surface area contributed by atoms with Gasteiger partial charge in [-0.05, 0) is 25.5 Å². The maximum Gasteiger partial charge on any atom is 0.319 e. The zero-order valence-electron chi connectivity index (χ0n) is 8.99. The van der Waals surface area contributed by atoms with Crippen LogP contribution in [-0.2, 0) is 6.54 Å². The number of nitrogens with one attached hydrogen (secondary N) is 1. The normalized spacial score (nSPS) is 12.4. The lowest BCUT2D eigenvalue weighted by Crippen LogP contribution is -2.38. The Hall–Kier alpha value is -0.620. The van der Waals surface area contributed by atoms with Crippen LogP contribution in [0, 0.1) is 13.8 Å². The SMILES string of the molecule is Cc1cc(CNCC(F)(F)C(F)F)c(C)s1. The molecule has 0 spiro atoms. The standard InChI is InChI=1S/C10H13F4NS/c1-6-3-8(7(2)16-6)4-15-5-10(13,14)9(11)12/h3,9,15H,4-5H2,1-2H3. The van der Waals surface area contributed by atoms with Crippen LogP contribution < -0.4 is 5.32 Å². The minimum Gasteiger partial charge on any atom is -0.307 e. The van der Waals surface area contributed by atoms with Crippen molar-refractivity contribution < 1.29 is 17.6 Å². The average Bonchev–Trinajstić information content (AvgIpc) is 2.44. The summed E-state index contributed by atoms with van der Waals surface area (Å²) in [6.45, 7) is 2.98. The molecule has 0 radical (unpaired) electrons. The number of thiophene rings is 1. The van der Waals surface area contributed by atoms with E-state index in [4.69, 9.17) is 0 Å². The van der Waals surface area contributed by atoms with Crippen LogP contribution in [-0.4, -0.2) is 18.9 Å². The van der Waals surface area contributed by atoms with Gasteiger partial charge in [0.05, 0.1) is 6.54 Å². The molecule has 0 aliphatic rings. The molecule has 1 rings (SSSR count). The van der Waals surface area contributed by atoms with Crippen molar-refractivity contribution >= 4 is 11.3 Å². The predicted octanol–water partition coefficient (Wildman–Crippen LogP) is 3.35. The van der Waals surface area contributed by atoms with E-state index >= 15 is 0 Å². The number of hydrogen-bond acceptors (Lipinski definition) is 2. The first kappa shape index (κ1) is 13.4. The lowest BCUT2D eigenvalue weighted by atomic mass is 10.2. The highest BCUT2D eigenvalue weighted by atomic mass is 32.1. The Morgan fingerprint density at radius 1 is 1.38 bits per heavy atom. The van der Waals surface area contributed by atoms with E-state index in [0.717, 1.165) is 15.3 Å². The van der Waals surface area contributed by atoms with Gasteiger partial charge in [0.15, 0.2) is 0 Å². The highest BCUT2D eigenvalue weighted by Gasteiger charge is 2.39. The lowest BCUT2D eigenvalue weighted by molar-refractivity contribution is -0.125. The van der Waals surface area contributed by atoms with Crippen molar-refractivity contribution in [1.82, 2.24) is 5.32 Å². The summed E-state index contributed by atoms with van der Waals surface area (Å²) in [5.41, 5.74) is 0.882. The third kappa shape index (κ3) is 3.45. The van der Waals surface area contributed by atoms with E-state index in [1.807, 2.05) is 19.9 Å². The fraction of sp³-hybridized carbons (Fsp3) is 0.600. The Labute approximate surface area is 95.5 Å². The van der Waals surface area contributed by atoms with Crippen molar-refractivity contribution in [2.75, 3.05) is 6.54 Å².